The standard InChI is InChI=1S/C25H28O4/c1-16-14-20-21(26)12-13-23(27)25(20,15-17(16)2)24(28)29-22-11-7-6-10-19(22)18-8-4-3-5-9-18/h3-5,8-9,12-13,19-20,22H,6-7,10-11,14-15H2,1-2H3/t19-,20-,22+,25+/m1/s1. The summed E-state index contributed by atoms with van der Waals surface area (Å²) in [5, 5.41) is 0. The van der Waals surface area contributed by atoms with Crippen molar-refractivity contribution in [3.05, 3.63) is 59.2 Å². The molecule has 0 radical (unpaired) electrons. The van der Waals surface area contributed by atoms with Gasteiger partial charge in [0.15, 0.2) is 11.6 Å². The first-order valence-corrected chi connectivity index (χ1v) is 10.6. The molecule has 152 valence electrons. The summed E-state index contributed by atoms with van der Waals surface area (Å²) in [5.41, 5.74) is 1.88. The second-order valence-electron chi connectivity index (χ2n) is 8.81. The summed E-state index contributed by atoms with van der Waals surface area (Å²) >= 11 is 0. The van der Waals surface area contributed by atoms with E-state index in [1.54, 1.807) is 0 Å². The zero-order valence-corrected chi connectivity index (χ0v) is 17.1. The second-order valence-corrected chi connectivity index (χ2v) is 8.81. The fraction of sp³-hybridized carbons (Fsp3) is 0.480. The Labute approximate surface area is 172 Å². The first-order valence-electron chi connectivity index (χ1n) is 10.6. The van der Waals surface area contributed by atoms with Crippen molar-refractivity contribution in [2.24, 2.45) is 11.3 Å². The average molecular weight is 392 g/mol. The van der Waals surface area contributed by atoms with Crippen LogP contribution in [0.2, 0.25) is 0 Å². The zero-order chi connectivity index (χ0) is 20.6. The Balaban J connectivity index is 1.65. The smallest absolute Gasteiger partial charge is 0.321 e. The van der Waals surface area contributed by atoms with Gasteiger partial charge in [0.05, 0.1) is 0 Å². The molecule has 3 aliphatic rings. The van der Waals surface area contributed by atoms with Crippen LogP contribution >= 0.6 is 0 Å². The molecule has 0 heterocycles. The molecule has 0 bridgehead atoms. The van der Waals surface area contributed by atoms with Gasteiger partial charge < -0.3 is 4.74 Å². The molecule has 3 aliphatic carbocycles. The lowest BCUT2D eigenvalue weighted by atomic mass is 9.59. The number of ether oxygens (including phenoxy) is 1. The van der Waals surface area contributed by atoms with Crippen LogP contribution in [0.15, 0.2) is 53.6 Å². The van der Waals surface area contributed by atoms with E-state index in [9.17, 15) is 14.4 Å². The number of allylic oxidation sites excluding steroid dienone is 4. The van der Waals surface area contributed by atoms with E-state index in [2.05, 4.69) is 12.1 Å². The highest BCUT2D eigenvalue weighted by atomic mass is 16.5. The Hall–Kier alpha value is -2.49. The SMILES string of the molecule is CC1=C(C)C[C@@]2(C(=O)O[C@H]3CCCC[C@@H]3c3ccccc3)C(=O)C=CC(=O)[C@H]2C1. The van der Waals surface area contributed by atoms with Gasteiger partial charge >= 0.3 is 5.97 Å². The predicted molar refractivity (Wildman–Crippen MR) is 110 cm³/mol. The minimum Gasteiger partial charge on any atom is -0.461 e. The Bertz CT molecular complexity index is 895. The molecule has 1 aromatic carbocycles. The molecular formula is C25H28O4. The van der Waals surface area contributed by atoms with Crippen LogP contribution < -0.4 is 0 Å². The van der Waals surface area contributed by atoms with Crippen molar-refractivity contribution in [3.63, 3.8) is 0 Å². The normalized spacial score (nSPS) is 32.1. The summed E-state index contributed by atoms with van der Waals surface area (Å²) in [6.45, 7) is 3.93. The summed E-state index contributed by atoms with van der Waals surface area (Å²) in [5.74, 6) is -1.45. The van der Waals surface area contributed by atoms with Gasteiger partial charge in [-0.15, -0.1) is 0 Å². The minimum atomic E-state index is -1.39. The number of esters is 1. The van der Waals surface area contributed by atoms with Gasteiger partial charge in [-0.1, -0.05) is 47.9 Å². The molecule has 0 unspecified atom stereocenters. The molecule has 4 heteroatoms. The molecule has 0 amide bonds. The molecule has 0 aromatic heterocycles. The van der Waals surface area contributed by atoms with Crippen LogP contribution in [0.5, 0.6) is 0 Å². The van der Waals surface area contributed by atoms with Crippen LogP contribution in [0.3, 0.4) is 0 Å². The van der Waals surface area contributed by atoms with Gasteiger partial charge in [-0.3, -0.25) is 14.4 Å². The number of benzene rings is 1. The van der Waals surface area contributed by atoms with E-state index < -0.39 is 17.3 Å². The lowest BCUT2D eigenvalue weighted by molar-refractivity contribution is -0.173. The van der Waals surface area contributed by atoms with Crippen molar-refractivity contribution < 1.29 is 19.1 Å². The van der Waals surface area contributed by atoms with E-state index >= 15 is 0 Å². The van der Waals surface area contributed by atoms with Gasteiger partial charge in [-0.2, -0.15) is 0 Å². The molecule has 1 saturated carbocycles. The summed E-state index contributed by atoms with van der Waals surface area (Å²) in [7, 11) is 0. The van der Waals surface area contributed by atoms with Crippen LogP contribution in [-0.2, 0) is 19.1 Å². The Morgan fingerprint density at radius 3 is 2.48 bits per heavy atom. The highest BCUT2D eigenvalue weighted by Gasteiger charge is 2.58. The van der Waals surface area contributed by atoms with Crippen LogP contribution in [0.4, 0.5) is 0 Å². The third-order valence-corrected chi connectivity index (χ3v) is 7.11. The van der Waals surface area contributed by atoms with Gasteiger partial charge in [0.25, 0.3) is 0 Å². The van der Waals surface area contributed by atoms with Crippen molar-refractivity contribution in [2.75, 3.05) is 0 Å². The Morgan fingerprint density at radius 2 is 1.72 bits per heavy atom. The van der Waals surface area contributed by atoms with Gasteiger partial charge in [0.2, 0.25) is 0 Å². The third kappa shape index (κ3) is 3.39. The Morgan fingerprint density at radius 1 is 1.00 bits per heavy atom. The summed E-state index contributed by atoms with van der Waals surface area (Å²) < 4.78 is 6.09. The monoisotopic (exact) mass is 392 g/mol. The van der Waals surface area contributed by atoms with Gasteiger partial charge in [-0.25, -0.2) is 0 Å². The first kappa shape index (κ1) is 19.8. The van der Waals surface area contributed by atoms with Crippen LogP contribution in [0, 0.1) is 11.3 Å². The summed E-state index contributed by atoms with van der Waals surface area (Å²) in [6.07, 6.45) is 6.94. The largest absolute Gasteiger partial charge is 0.461 e. The van der Waals surface area contributed by atoms with Crippen LogP contribution in [-0.4, -0.2) is 23.6 Å². The van der Waals surface area contributed by atoms with E-state index in [0.717, 1.165) is 36.8 Å². The lowest BCUT2D eigenvalue weighted by Crippen LogP contribution is -2.53. The molecule has 0 N–H and O–H groups in total. The quantitative estimate of drug-likeness (QED) is 0.425. The fourth-order valence-corrected chi connectivity index (χ4v) is 5.25. The number of ketones is 2. The van der Waals surface area contributed by atoms with Crippen molar-refractivity contribution in [1.82, 2.24) is 0 Å². The maximum atomic E-state index is 13.6. The van der Waals surface area contributed by atoms with Gasteiger partial charge in [0.1, 0.15) is 11.5 Å². The molecule has 1 aromatic rings. The lowest BCUT2D eigenvalue weighted by Gasteiger charge is -2.43. The fourth-order valence-electron chi connectivity index (χ4n) is 5.25. The molecule has 4 nitrogen and oxygen atoms in total. The van der Waals surface area contributed by atoms with Crippen molar-refractivity contribution >= 4 is 17.5 Å². The number of rotatable bonds is 3. The maximum absolute atomic E-state index is 13.6. The molecule has 29 heavy (non-hydrogen) atoms. The van der Waals surface area contributed by atoms with Crippen LogP contribution in [0.1, 0.15) is 63.9 Å². The van der Waals surface area contributed by atoms with E-state index in [1.165, 1.54) is 17.7 Å². The van der Waals surface area contributed by atoms with Crippen molar-refractivity contribution in [1.29, 1.82) is 0 Å². The number of hydrogen-bond acceptors (Lipinski definition) is 4. The van der Waals surface area contributed by atoms with E-state index in [0.29, 0.717) is 6.42 Å². The number of carbonyl (C=O) groups excluding carboxylic acids is 3. The Kier molecular flexibility index (Phi) is 5.28. The molecule has 0 saturated heterocycles. The third-order valence-electron chi connectivity index (χ3n) is 7.11. The molecule has 0 aliphatic heterocycles. The topological polar surface area (TPSA) is 60.4 Å². The highest BCUT2D eigenvalue weighted by Crippen LogP contribution is 2.49. The maximum Gasteiger partial charge on any atom is 0.321 e. The molecule has 4 rings (SSSR count). The first-order chi connectivity index (χ1) is 13.9. The number of hydrogen-bond donors (Lipinski definition) is 0. The summed E-state index contributed by atoms with van der Waals surface area (Å²) in [6, 6.07) is 10.1. The molecule has 4 atom stereocenters. The van der Waals surface area contributed by atoms with E-state index in [4.69, 9.17) is 4.74 Å². The van der Waals surface area contributed by atoms with E-state index in [1.807, 2.05) is 32.0 Å². The number of fused-ring (bicyclic) bond motifs is 1. The van der Waals surface area contributed by atoms with Crippen LogP contribution in [0.25, 0.3) is 0 Å². The van der Waals surface area contributed by atoms with Crippen molar-refractivity contribution in [3.8, 4) is 0 Å². The average Bonchev–Trinajstić information content (AvgIpc) is 2.73. The predicted octanol–water partition coefficient (Wildman–Crippen LogP) is 4.70. The number of carbonyl (C=O) groups is 3. The van der Waals surface area contributed by atoms with Gasteiger partial charge in [0, 0.05) is 11.8 Å². The molecular weight excluding hydrogens is 364 g/mol. The summed E-state index contributed by atoms with van der Waals surface area (Å²) in [4.78, 5) is 39.2. The zero-order valence-electron chi connectivity index (χ0n) is 17.1. The van der Waals surface area contributed by atoms with Gasteiger partial charge in [-0.05, 0) is 63.7 Å². The van der Waals surface area contributed by atoms with Crippen molar-refractivity contribution in [2.45, 2.75) is 64.4 Å². The molecule has 0 spiro atoms. The highest BCUT2D eigenvalue weighted by molar-refractivity contribution is 6.18. The van der Waals surface area contributed by atoms with E-state index in [-0.39, 0.29) is 30.0 Å². The second kappa shape index (κ2) is 7.74. The minimum absolute atomic E-state index is 0.135. The molecule has 1 fully saturated rings.